The minimum Gasteiger partial charge on any atom is -0.349 e. The minimum absolute atomic E-state index is 0.00705. The fourth-order valence-electron chi connectivity index (χ4n) is 3.49. The molecule has 29 heavy (non-hydrogen) atoms. The average Bonchev–Trinajstić information content (AvgIpc) is 2.67. The van der Waals surface area contributed by atoms with Crippen LogP contribution < -0.4 is 5.32 Å². The Morgan fingerprint density at radius 2 is 1.69 bits per heavy atom. The fraction of sp³-hybridized carbons (Fsp3) is 0.391. The van der Waals surface area contributed by atoms with E-state index in [1.165, 1.54) is 23.8 Å². The first-order valence-electron chi connectivity index (χ1n) is 9.81. The molecular weight excluding hydrogens is 391 g/mol. The molecule has 2 aromatic rings. The van der Waals surface area contributed by atoms with Gasteiger partial charge in [0.1, 0.15) is 5.82 Å². The van der Waals surface area contributed by atoms with Gasteiger partial charge in [-0.3, -0.25) is 9.59 Å². The van der Waals surface area contributed by atoms with Crippen molar-refractivity contribution in [2.75, 3.05) is 13.1 Å². The molecule has 0 atom stereocenters. The van der Waals surface area contributed by atoms with Crippen LogP contribution in [0, 0.1) is 5.82 Å². The molecule has 154 valence electrons. The number of carbonyl (C=O) groups excluding carboxylic acids is 2. The SMILES string of the molecule is CC(C)(C)c1ccc(C(=O)N2CCC(NC(=O)c3c(F)cccc3Cl)CC2)cc1. The topological polar surface area (TPSA) is 49.4 Å². The van der Waals surface area contributed by atoms with Crippen molar-refractivity contribution in [2.45, 2.75) is 45.1 Å². The molecule has 0 aromatic heterocycles. The quantitative estimate of drug-likeness (QED) is 0.780. The van der Waals surface area contributed by atoms with E-state index in [0.29, 0.717) is 31.5 Å². The number of rotatable bonds is 3. The van der Waals surface area contributed by atoms with Gasteiger partial charge in [-0.1, -0.05) is 50.6 Å². The van der Waals surface area contributed by atoms with Crippen LogP contribution in [0.4, 0.5) is 4.39 Å². The standard InChI is InChI=1S/C23H26ClFN2O2/c1-23(2,3)16-9-7-15(8-10-16)22(29)27-13-11-17(12-14-27)26-21(28)20-18(24)5-4-6-19(20)25/h4-10,17H,11-14H2,1-3H3,(H,26,28). The van der Waals surface area contributed by atoms with Crippen LogP contribution >= 0.6 is 11.6 Å². The number of nitrogens with zero attached hydrogens (tertiary/aromatic N) is 1. The van der Waals surface area contributed by atoms with E-state index in [1.807, 2.05) is 24.3 Å². The van der Waals surface area contributed by atoms with E-state index in [9.17, 15) is 14.0 Å². The van der Waals surface area contributed by atoms with Gasteiger partial charge in [0, 0.05) is 24.7 Å². The predicted molar refractivity (Wildman–Crippen MR) is 113 cm³/mol. The summed E-state index contributed by atoms with van der Waals surface area (Å²) >= 11 is 5.96. The molecule has 2 aromatic carbocycles. The number of carbonyl (C=O) groups is 2. The van der Waals surface area contributed by atoms with E-state index >= 15 is 0 Å². The van der Waals surface area contributed by atoms with Crippen LogP contribution in [-0.4, -0.2) is 35.8 Å². The first-order chi connectivity index (χ1) is 13.7. The number of nitrogens with one attached hydrogen (secondary N) is 1. The lowest BCUT2D eigenvalue weighted by atomic mass is 9.86. The van der Waals surface area contributed by atoms with Gasteiger partial charge in [-0.05, 0) is 48.1 Å². The molecule has 2 amide bonds. The lowest BCUT2D eigenvalue weighted by molar-refractivity contribution is 0.0698. The Labute approximate surface area is 176 Å². The minimum atomic E-state index is -0.638. The van der Waals surface area contributed by atoms with E-state index in [4.69, 9.17) is 11.6 Å². The van der Waals surface area contributed by atoms with Gasteiger partial charge >= 0.3 is 0 Å². The Morgan fingerprint density at radius 3 is 2.24 bits per heavy atom. The summed E-state index contributed by atoms with van der Waals surface area (Å²) in [4.78, 5) is 27.0. The van der Waals surface area contributed by atoms with Gasteiger partial charge in [0.05, 0.1) is 10.6 Å². The highest BCUT2D eigenvalue weighted by Crippen LogP contribution is 2.23. The van der Waals surface area contributed by atoms with Crippen molar-refractivity contribution in [2.24, 2.45) is 0 Å². The maximum Gasteiger partial charge on any atom is 0.255 e. The van der Waals surface area contributed by atoms with Crippen molar-refractivity contribution in [3.8, 4) is 0 Å². The van der Waals surface area contributed by atoms with Gasteiger partial charge in [0.2, 0.25) is 0 Å². The maximum atomic E-state index is 13.9. The number of amides is 2. The predicted octanol–water partition coefficient (Wildman–Crippen LogP) is 4.81. The van der Waals surface area contributed by atoms with E-state index in [2.05, 4.69) is 26.1 Å². The van der Waals surface area contributed by atoms with Crippen molar-refractivity contribution in [3.63, 3.8) is 0 Å². The Morgan fingerprint density at radius 1 is 1.07 bits per heavy atom. The summed E-state index contributed by atoms with van der Waals surface area (Å²) in [5, 5.41) is 2.93. The van der Waals surface area contributed by atoms with Crippen LogP contribution in [-0.2, 0) is 5.41 Å². The second-order valence-corrected chi connectivity index (χ2v) is 8.87. The Bertz CT molecular complexity index is 878. The first-order valence-corrected chi connectivity index (χ1v) is 10.2. The fourth-order valence-corrected chi connectivity index (χ4v) is 3.74. The molecule has 0 unspecified atom stereocenters. The zero-order valence-electron chi connectivity index (χ0n) is 17.0. The third-order valence-electron chi connectivity index (χ3n) is 5.31. The summed E-state index contributed by atoms with van der Waals surface area (Å²) in [6.45, 7) is 7.48. The van der Waals surface area contributed by atoms with E-state index < -0.39 is 11.7 Å². The maximum absolute atomic E-state index is 13.9. The number of piperidine rings is 1. The van der Waals surface area contributed by atoms with Crippen molar-refractivity contribution in [3.05, 3.63) is 70.0 Å². The number of halogens is 2. The van der Waals surface area contributed by atoms with Gasteiger partial charge in [0.25, 0.3) is 11.8 Å². The molecular formula is C23H26ClFN2O2. The van der Waals surface area contributed by atoms with Crippen molar-refractivity contribution in [1.29, 1.82) is 0 Å². The number of benzene rings is 2. The molecule has 6 heteroatoms. The van der Waals surface area contributed by atoms with Gasteiger partial charge in [-0.15, -0.1) is 0 Å². The highest BCUT2D eigenvalue weighted by Gasteiger charge is 2.26. The Kier molecular flexibility index (Phi) is 6.27. The van der Waals surface area contributed by atoms with Crippen molar-refractivity contribution < 1.29 is 14.0 Å². The third-order valence-corrected chi connectivity index (χ3v) is 5.62. The molecule has 3 rings (SSSR count). The zero-order valence-corrected chi connectivity index (χ0v) is 17.7. The van der Waals surface area contributed by atoms with Crippen LogP contribution in [0.1, 0.15) is 59.9 Å². The molecule has 0 spiro atoms. The van der Waals surface area contributed by atoms with Crippen molar-refractivity contribution in [1.82, 2.24) is 10.2 Å². The van der Waals surface area contributed by atoms with Crippen LogP contribution in [0.5, 0.6) is 0 Å². The summed E-state index contributed by atoms with van der Waals surface area (Å²) in [6, 6.07) is 11.8. The van der Waals surface area contributed by atoms with Gasteiger partial charge in [-0.25, -0.2) is 4.39 Å². The Balaban J connectivity index is 1.57. The van der Waals surface area contributed by atoms with Crippen molar-refractivity contribution >= 4 is 23.4 Å². The van der Waals surface area contributed by atoms with Crippen LogP contribution in [0.15, 0.2) is 42.5 Å². The van der Waals surface area contributed by atoms with Crippen LogP contribution in [0.2, 0.25) is 5.02 Å². The molecule has 0 bridgehead atoms. The molecule has 1 heterocycles. The molecule has 0 aliphatic carbocycles. The number of hydrogen-bond acceptors (Lipinski definition) is 2. The Hall–Kier alpha value is -2.40. The van der Waals surface area contributed by atoms with E-state index in [-0.39, 0.29) is 28.0 Å². The largest absolute Gasteiger partial charge is 0.349 e. The first kappa shape index (κ1) is 21.3. The second kappa shape index (κ2) is 8.54. The summed E-state index contributed by atoms with van der Waals surface area (Å²) in [5.74, 6) is -1.16. The summed E-state index contributed by atoms with van der Waals surface area (Å²) in [5.41, 5.74) is 1.76. The highest BCUT2D eigenvalue weighted by molar-refractivity contribution is 6.33. The normalized spacial score (nSPS) is 15.3. The monoisotopic (exact) mass is 416 g/mol. The lowest BCUT2D eigenvalue weighted by Gasteiger charge is -2.32. The summed E-state index contributed by atoms with van der Waals surface area (Å²) in [6.07, 6.45) is 1.23. The summed E-state index contributed by atoms with van der Waals surface area (Å²) < 4.78 is 13.9. The number of hydrogen-bond donors (Lipinski definition) is 1. The summed E-state index contributed by atoms with van der Waals surface area (Å²) in [7, 11) is 0. The van der Waals surface area contributed by atoms with Crippen LogP contribution in [0.25, 0.3) is 0 Å². The second-order valence-electron chi connectivity index (χ2n) is 8.46. The average molecular weight is 417 g/mol. The molecule has 1 saturated heterocycles. The molecule has 0 saturated carbocycles. The lowest BCUT2D eigenvalue weighted by Crippen LogP contribution is -2.46. The molecule has 0 radical (unpaired) electrons. The van der Waals surface area contributed by atoms with E-state index in [1.54, 1.807) is 4.90 Å². The molecule has 1 aliphatic heterocycles. The third kappa shape index (κ3) is 4.96. The number of likely N-dealkylation sites (tertiary alicyclic amines) is 1. The molecule has 1 fully saturated rings. The molecule has 1 aliphatic rings. The van der Waals surface area contributed by atoms with Gasteiger partial charge in [-0.2, -0.15) is 0 Å². The zero-order chi connectivity index (χ0) is 21.2. The van der Waals surface area contributed by atoms with Gasteiger partial charge < -0.3 is 10.2 Å². The molecule has 4 nitrogen and oxygen atoms in total. The van der Waals surface area contributed by atoms with Gasteiger partial charge in [0.15, 0.2) is 0 Å². The van der Waals surface area contributed by atoms with E-state index in [0.717, 1.165) is 0 Å². The smallest absolute Gasteiger partial charge is 0.255 e. The highest BCUT2D eigenvalue weighted by atomic mass is 35.5. The van der Waals surface area contributed by atoms with Crippen LogP contribution in [0.3, 0.4) is 0 Å². The molecule has 1 N–H and O–H groups in total.